The average Bonchev–Trinajstić information content (AvgIpc) is 3.34. The van der Waals surface area contributed by atoms with Crippen molar-refractivity contribution < 1.29 is 19.4 Å². The van der Waals surface area contributed by atoms with Crippen LogP contribution in [0.15, 0.2) is 48.5 Å². The molecule has 3 N–H and O–H groups in total. The molecule has 2 aromatic rings. The molecule has 1 heterocycles. The molecule has 1 aliphatic heterocycles. The summed E-state index contributed by atoms with van der Waals surface area (Å²) in [6.45, 7) is 3.41. The fourth-order valence-electron chi connectivity index (χ4n) is 5.18. The minimum atomic E-state index is -0.745. The Labute approximate surface area is 214 Å². The van der Waals surface area contributed by atoms with Gasteiger partial charge in [-0.1, -0.05) is 49.6 Å². The molecule has 2 aromatic carbocycles. The van der Waals surface area contributed by atoms with Crippen LogP contribution in [0.4, 0.5) is 5.69 Å². The summed E-state index contributed by atoms with van der Waals surface area (Å²) in [5.41, 5.74) is 2.14. The van der Waals surface area contributed by atoms with E-state index in [1.165, 1.54) is 19.3 Å². The smallest absolute Gasteiger partial charge is 0.251 e. The van der Waals surface area contributed by atoms with Crippen LogP contribution in [0.5, 0.6) is 5.75 Å². The van der Waals surface area contributed by atoms with Crippen LogP contribution in [0.1, 0.15) is 67.8 Å². The minimum absolute atomic E-state index is 0.0566. The van der Waals surface area contributed by atoms with Crippen molar-refractivity contribution in [1.82, 2.24) is 10.6 Å². The van der Waals surface area contributed by atoms with Gasteiger partial charge in [-0.05, 0) is 50.3 Å². The molecular formula is C29H39N3O4. The Morgan fingerprint density at radius 3 is 2.58 bits per heavy atom. The van der Waals surface area contributed by atoms with E-state index in [4.69, 9.17) is 4.74 Å². The summed E-state index contributed by atoms with van der Waals surface area (Å²) < 4.78 is 5.71. The number of hydrogen-bond donors (Lipinski definition) is 3. The second-order valence-electron chi connectivity index (χ2n) is 9.88. The normalized spacial score (nSPS) is 18.2. The maximum absolute atomic E-state index is 13.5. The number of anilines is 1. The minimum Gasteiger partial charge on any atom is -0.494 e. The van der Waals surface area contributed by atoms with Gasteiger partial charge in [0.15, 0.2) is 0 Å². The Balaban J connectivity index is 1.51. The Morgan fingerprint density at radius 1 is 1.11 bits per heavy atom. The highest BCUT2D eigenvalue weighted by Crippen LogP contribution is 2.28. The zero-order valence-corrected chi connectivity index (χ0v) is 21.2. The van der Waals surface area contributed by atoms with E-state index >= 15 is 0 Å². The predicted molar refractivity (Wildman–Crippen MR) is 141 cm³/mol. The van der Waals surface area contributed by atoms with E-state index in [0.29, 0.717) is 55.6 Å². The molecular weight excluding hydrogens is 454 g/mol. The molecule has 0 bridgehead atoms. The van der Waals surface area contributed by atoms with Gasteiger partial charge in [-0.15, -0.1) is 0 Å². The molecule has 7 heteroatoms. The molecule has 194 valence electrons. The number of ether oxygens (including phenoxy) is 1. The number of hydrogen-bond acceptors (Lipinski definition) is 5. The first-order valence-electron chi connectivity index (χ1n) is 13.4. The summed E-state index contributed by atoms with van der Waals surface area (Å²) in [7, 11) is 0. The monoisotopic (exact) mass is 493 g/mol. The second kappa shape index (κ2) is 12.9. The molecule has 2 aliphatic rings. The van der Waals surface area contributed by atoms with Crippen molar-refractivity contribution in [3.63, 3.8) is 0 Å². The first kappa shape index (κ1) is 26.2. The summed E-state index contributed by atoms with van der Waals surface area (Å²) in [5.74, 6) is 0.322. The second-order valence-corrected chi connectivity index (χ2v) is 9.88. The highest BCUT2D eigenvalue weighted by Gasteiger charge is 2.26. The lowest BCUT2D eigenvalue weighted by molar-refractivity contribution is -0.117. The summed E-state index contributed by atoms with van der Waals surface area (Å²) in [5, 5.41) is 17.7. The molecule has 2 atom stereocenters. The maximum atomic E-state index is 13.5. The summed E-state index contributed by atoms with van der Waals surface area (Å²) in [4.78, 5) is 27.5. The van der Waals surface area contributed by atoms with Gasteiger partial charge in [-0.3, -0.25) is 9.59 Å². The average molecular weight is 494 g/mol. The van der Waals surface area contributed by atoms with Crippen LogP contribution in [-0.4, -0.2) is 54.8 Å². The highest BCUT2D eigenvalue weighted by atomic mass is 16.5. The number of benzene rings is 2. The molecule has 1 saturated heterocycles. The van der Waals surface area contributed by atoms with Crippen molar-refractivity contribution in [3.8, 4) is 5.75 Å². The molecule has 0 aromatic heterocycles. The summed E-state index contributed by atoms with van der Waals surface area (Å²) in [6.07, 6.45) is 7.06. The van der Waals surface area contributed by atoms with Gasteiger partial charge in [0.1, 0.15) is 5.75 Å². The number of carbonyl (C=O) groups excluding carboxylic acids is 2. The van der Waals surface area contributed by atoms with Gasteiger partial charge >= 0.3 is 0 Å². The van der Waals surface area contributed by atoms with Crippen LogP contribution in [-0.2, 0) is 11.2 Å². The van der Waals surface area contributed by atoms with Gasteiger partial charge in [-0.25, -0.2) is 0 Å². The van der Waals surface area contributed by atoms with E-state index < -0.39 is 12.1 Å². The van der Waals surface area contributed by atoms with E-state index in [9.17, 15) is 14.7 Å². The Morgan fingerprint density at radius 2 is 1.89 bits per heavy atom. The Hall–Kier alpha value is -2.90. The quantitative estimate of drug-likeness (QED) is 0.443. The Bertz CT molecular complexity index is 1010. The lowest BCUT2D eigenvalue weighted by Crippen LogP contribution is -2.50. The van der Waals surface area contributed by atoms with Crippen molar-refractivity contribution in [2.45, 2.75) is 76.5 Å². The molecule has 2 amide bonds. The molecule has 0 spiro atoms. The molecule has 7 nitrogen and oxygen atoms in total. The Kier molecular flexibility index (Phi) is 9.36. The van der Waals surface area contributed by atoms with Crippen LogP contribution >= 0.6 is 0 Å². The van der Waals surface area contributed by atoms with Crippen molar-refractivity contribution in [3.05, 3.63) is 59.7 Å². The lowest BCUT2D eigenvalue weighted by Gasteiger charge is -2.28. The molecule has 36 heavy (non-hydrogen) atoms. The predicted octanol–water partition coefficient (Wildman–Crippen LogP) is 3.84. The standard InChI is InChI=1S/C29H39N3O4/c1-2-36-25-18-22(17-24(19-25)32-15-9-14-28(32)34)29(35)31-26(16-21-10-5-3-6-11-21)27(33)20-30-23-12-7-4-8-13-23/h3,5-6,10-11,17-19,23,26-27,30,33H,2,4,7-9,12-16,20H2,1H3,(H,31,35)/t26-,27+/m0/s1. The lowest BCUT2D eigenvalue weighted by atomic mass is 9.95. The van der Waals surface area contributed by atoms with E-state index in [1.807, 2.05) is 43.3 Å². The highest BCUT2D eigenvalue weighted by molar-refractivity contribution is 5.99. The summed E-state index contributed by atoms with van der Waals surface area (Å²) >= 11 is 0. The van der Waals surface area contributed by atoms with Crippen molar-refractivity contribution in [2.24, 2.45) is 0 Å². The number of nitrogens with one attached hydrogen (secondary N) is 2. The molecule has 1 aliphatic carbocycles. The van der Waals surface area contributed by atoms with Gasteiger partial charge in [0.05, 0.1) is 18.8 Å². The SMILES string of the molecule is CCOc1cc(C(=O)N[C@@H](Cc2ccccc2)[C@H](O)CNC2CCCCC2)cc(N2CCCC2=O)c1. The number of carbonyl (C=O) groups is 2. The largest absolute Gasteiger partial charge is 0.494 e. The van der Waals surface area contributed by atoms with Gasteiger partial charge in [0, 0.05) is 42.9 Å². The van der Waals surface area contributed by atoms with Crippen LogP contribution in [0.25, 0.3) is 0 Å². The van der Waals surface area contributed by atoms with Crippen LogP contribution in [0.3, 0.4) is 0 Å². The third kappa shape index (κ3) is 7.08. The number of aliphatic hydroxyl groups is 1. The van der Waals surface area contributed by atoms with Crippen LogP contribution in [0.2, 0.25) is 0 Å². The number of rotatable bonds is 11. The van der Waals surface area contributed by atoms with Crippen molar-refractivity contribution in [2.75, 3.05) is 24.6 Å². The number of nitrogens with zero attached hydrogens (tertiary/aromatic N) is 1. The van der Waals surface area contributed by atoms with E-state index in [2.05, 4.69) is 10.6 Å². The third-order valence-corrected chi connectivity index (χ3v) is 7.15. The number of amides is 2. The van der Waals surface area contributed by atoms with Gasteiger partial charge in [0.25, 0.3) is 5.91 Å². The first-order chi connectivity index (χ1) is 17.5. The topological polar surface area (TPSA) is 90.9 Å². The molecule has 0 radical (unpaired) electrons. The van der Waals surface area contributed by atoms with Crippen molar-refractivity contribution in [1.29, 1.82) is 0 Å². The van der Waals surface area contributed by atoms with Gasteiger partial charge < -0.3 is 25.4 Å². The first-order valence-corrected chi connectivity index (χ1v) is 13.4. The molecule has 1 saturated carbocycles. The van der Waals surface area contributed by atoms with E-state index in [-0.39, 0.29) is 11.8 Å². The van der Waals surface area contributed by atoms with Gasteiger partial charge in [0.2, 0.25) is 5.91 Å². The van der Waals surface area contributed by atoms with E-state index in [1.54, 1.807) is 17.0 Å². The zero-order chi connectivity index (χ0) is 25.3. The van der Waals surface area contributed by atoms with Crippen LogP contribution in [0, 0.1) is 0 Å². The molecule has 0 unspecified atom stereocenters. The van der Waals surface area contributed by atoms with Crippen LogP contribution < -0.4 is 20.3 Å². The third-order valence-electron chi connectivity index (χ3n) is 7.15. The molecule has 4 rings (SSSR count). The summed E-state index contributed by atoms with van der Waals surface area (Å²) in [6, 6.07) is 15.1. The van der Waals surface area contributed by atoms with Gasteiger partial charge in [-0.2, -0.15) is 0 Å². The maximum Gasteiger partial charge on any atom is 0.251 e. The van der Waals surface area contributed by atoms with Crippen molar-refractivity contribution >= 4 is 17.5 Å². The zero-order valence-electron chi connectivity index (χ0n) is 21.2. The van der Waals surface area contributed by atoms with E-state index in [0.717, 1.165) is 24.8 Å². The fraction of sp³-hybridized carbons (Fsp3) is 0.517. The number of aliphatic hydroxyl groups excluding tert-OH is 1. The fourth-order valence-corrected chi connectivity index (χ4v) is 5.18. The molecule has 2 fully saturated rings.